The highest BCUT2D eigenvalue weighted by Gasteiger charge is 2.33. The number of hydroxylamine groups is 2. The monoisotopic (exact) mass is 429 g/mol. The highest BCUT2D eigenvalue weighted by Crippen LogP contribution is 2.14. The lowest BCUT2D eigenvalue weighted by molar-refractivity contribution is -0.197. The predicted molar refractivity (Wildman–Crippen MR) is 104 cm³/mol. The van der Waals surface area contributed by atoms with E-state index >= 15 is 0 Å². The average molecular weight is 429 g/mol. The van der Waals surface area contributed by atoms with Crippen LogP contribution >= 0.6 is 0 Å². The van der Waals surface area contributed by atoms with Crippen LogP contribution in [-0.2, 0) is 28.7 Å². The van der Waals surface area contributed by atoms with Crippen LogP contribution in [0.25, 0.3) is 0 Å². The molecule has 0 radical (unpaired) electrons. The molecule has 1 rings (SSSR count). The first-order chi connectivity index (χ1) is 13.7. The van der Waals surface area contributed by atoms with Gasteiger partial charge in [0.1, 0.15) is 11.2 Å². The van der Waals surface area contributed by atoms with Gasteiger partial charge in [0.15, 0.2) is 0 Å². The van der Waals surface area contributed by atoms with E-state index in [-0.39, 0.29) is 38.9 Å². The number of nitrogens with zero attached hydrogens (tertiary/aromatic N) is 2. The minimum atomic E-state index is -0.840. The summed E-state index contributed by atoms with van der Waals surface area (Å²) in [7, 11) is 0. The first kappa shape index (κ1) is 25.2. The van der Waals surface area contributed by atoms with E-state index in [1.807, 2.05) is 0 Å². The van der Waals surface area contributed by atoms with Crippen molar-refractivity contribution in [1.29, 1.82) is 0 Å². The van der Waals surface area contributed by atoms with E-state index in [4.69, 9.17) is 14.3 Å². The first-order valence-electron chi connectivity index (χ1n) is 9.69. The second-order valence-electron chi connectivity index (χ2n) is 8.69. The Balaban J connectivity index is 2.61. The standard InChI is InChI=1S/C19H31N3O8/c1-18(2,3)28-16(26)20-10-12-21(17(27)29-19(4,5)6)11-9-15(25)30-22-13(23)7-8-14(22)24/h7-12H2,1-6H3,(H,20,26). The van der Waals surface area contributed by atoms with Crippen molar-refractivity contribution in [2.45, 2.75) is 72.0 Å². The summed E-state index contributed by atoms with van der Waals surface area (Å²) < 4.78 is 10.4. The zero-order valence-electron chi connectivity index (χ0n) is 18.4. The van der Waals surface area contributed by atoms with Crippen LogP contribution in [0.2, 0.25) is 0 Å². The van der Waals surface area contributed by atoms with Gasteiger partial charge in [0.2, 0.25) is 0 Å². The number of imide groups is 1. The van der Waals surface area contributed by atoms with Crippen molar-refractivity contribution in [2.75, 3.05) is 19.6 Å². The van der Waals surface area contributed by atoms with Gasteiger partial charge in [-0.2, -0.15) is 0 Å². The van der Waals surface area contributed by atoms with Gasteiger partial charge in [-0.05, 0) is 41.5 Å². The molecule has 1 heterocycles. The van der Waals surface area contributed by atoms with E-state index in [0.717, 1.165) is 0 Å². The number of nitrogens with one attached hydrogen (secondary N) is 1. The van der Waals surface area contributed by atoms with Gasteiger partial charge in [-0.15, -0.1) is 5.06 Å². The second kappa shape index (κ2) is 10.3. The van der Waals surface area contributed by atoms with Gasteiger partial charge in [-0.1, -0.05) is 0 Å². The minimum Gasteiger partial charge on any atom is -0.444 e. The molecule has 0 saturated carbocycles. The highest BCUT2D eigenvalue weighted by atomic mass is 16.7. The number of hydrogen-bond donors (Lipinski definition) is 1. The van der Waals surface area contributed by atoms with Crippen LogP contribution < -0.4 is 5.32 Å². The van der Waals surface area contributed by atoms with Gasteiger partial charge in [0.05, 0.1) is 6.42 Å². The molecule has 170 valence electrons. The van der Waals surface area contributed by atoms with Crippen LogP contribution in [0.5, 0.6) is 0 Å². The van der Waals surface area contributed by atoms with Gasteiger partial charge < -0.3 is 24.5 Å². The smallest absolute Gasteiger partial charge is 0.410 e. The Kier molecular flexibility index (Phi) is 8.61. The second-order valence-corrected chi connectivity index (χ2v) is 8.69. The van der Waals surface area contributed by atoms with Gasteiger partial charge in [0, 0.05) is 32.5 Å². The van der Waals surface area contributed by atoms with E-state index < -0.39 is 41.2 Å². The summed E-state index contributed by atoms with van der Waals surface area (Å²) in [6.07, 6.45) is -1.62. The summed E-state index contributed by atoms with van der Waals surface area (Å²) >= 11 is 0. The van der Waals surface area contributed by atoms with E-state index in [2.05, 4.69) is 5.32 Å². The molecule has 0 aliphatic carbocycles. The summed E-state index contributed by atoms with van der Waals surface area (Å²) in [5.41, 5.74) is -1.42. The van der Waals surface area contributed by atoms with Gasteiger partial charge >= 0.3 is 18.2 Å². The SMILES string of the molecule is CC(C)(C)OC(=O)NCCN(CCC(=O)ON1C(=O)CCC1=O)C(=O)OC(C)(C)C. The van der Waals surface area contributed by atoms with Crippen molar-refractivity contribution < 1.29 is 38.3 Å². The molecule has 0 bridgehead atoms. The molecular formula is C19H31N3O8. The first-order valence-corrected chi connectivity index (χ1v) is 9.69. The lowest BCUT2D eigenvalue weighted by Crippen LogP contribution is -2.43. The zero-order valence-corrected chi connectivity index (χ0v) is 18.4. The Labute approximate surface area is 175 Å². The summed E-state index contributed by atoms with van der Waals surface area (Å²) in [5, 5.41) is 2.97. The number of ether oxygens (including phenoxy) is 2. The van der Waals surface area contributed by atoms with E-state index in [1.54, 1.807) is 41.5 Å². The van der Waals surface area contributed by atoms with Crippen molar-refractivity contribution >= 4 is 30.0 Å². The van der Waals surface area contributed by atoms with Gasteiger partial charge in [-0.25, -0.2) is 14.4 Å². The normalized spacial score (nSPS) is 14.4. The molecule has 4 amide bonds. The third-order valence-corrected chi connectivity index (χ3v) is 3.49. The van der Waals surface area contributed by atoms with E-state index in [0.29, 0.717) is 5.06 Å². The number of amides is 4. The number of hydrogen-bond acceptors (Lipinski definition) is 8. The minimum absolute atomic E-state index is 0.00746. The number of carbonyl (C=O) groups is 5. The molecule has 0 atom stereocenters. The zero-order chi connectivity index (χ0) is 23.1. The lowest BCUT2D eigenvalue weighted by Gasteiger charge is -2.27. The molecule has 11 nitrogen and oxygen atoms in total. The molecule has 11 heteroatoms. The van der Waals surface area contributed by atoms with Crippen LogP contribution in [0, 0.1) is 0 Å². The summed E-state index contributed by atoms with van der Waals surface area (Å²) in [6, 6.07) is 0. The molecule has 0 spiro atoms. The summed E-state index contributed by atoms with van der Waals surface area (Å²) in [6.45, 7) is 10.3. The Morgan fingerprint density at radius 3 is 1.97 bits per heavy atom. The van der Waals surface area contributed by atoms with E-state index in [1.165, 1.54) is 4.90 Å². The van der Waals surface area contributed by atoms with Crippen molar-refractivity contribution in [3.05, 3.63) is 0 Å². The number of alkyl carbamates (subject to hydrolysis) is 1. The molecule has 1 saturated heterocycles. The van der Waals surface area contributed by atoms with Gasteiger partial charge in [0.25, 0.3) is 11.8 Å². The molecule has 0 aromatic carbocycles. The van der Waals surface area contributed by atoms with Gasteiger partial charge in [-0.3, -0.25) is 9.59 Å². The lowest BCUT2D eigenvalue weighted by atomic mass is 10.2. The quantitative estimate of drug-likeness (QED) is 0.606. The fourth-order valence-electron chi connectivity index (χ4n) is 2.26. The molecule has 0 aromatic heterocycles. The van der Waals surface area contributed by atoms with Crippen LogP contribution in [0.1, 0.15) is 60.8 Å². The largest absolute Gasteiger partial charge is 0.444 e. The van der Waals surface area contributed by atoms with Crippen molar-refractivity contribution in [3.8, 4) is 0 Å². The number of rotatable bonds is 7. The van der Waals surface area contributed by atoms with Crippen LogP contribution in [-0.4, -0.2) is 70.8 Å². The summed E-state index contributed by atoms with van der Waals surface area (Å²) in [4.78, 5) is 65.2. The Hall–Kier alpha value is -2.85. The molecule has 1 N–H and O–H groups in total. The molecular weight excluding hydrogens is 398 g/mol. The number of carbonyl (C=O) groups excluding carboxylic acids is 5. The maximum absolute atomic E-state index is 12.4. The molecule has 0 unspecified atom stereocenters. The van der Waals surface area contributed by atoms with Crippen LogP contribution in [0.4, 0.5) is 9.59 Å². The van der Waals surface area contributed by atoms with Crippen molar-refractivity contribution in [1.82, 2.24) is 15.3 Å². The molecule has 1 aliphatic rings. The van der Waals surface area contributed by atoms with Crippen LogP contribution in [0.3, 0.4) is 0 Å². The third-order valence-electron chi connectivity index (χ3n) is 3.49. The average Bonchev–Trinajstić information content (AvgIpc) is 2.86. The predicted octanol–water partition coefficient (Wildman–Crippen LogP) is 1.75. The van der Waals surface area contributed by atoms with Crippen molar-refractivity contribution in [3.63, 3.8) is 0 Å². The van der Waals surface area contributed by atoms with E-state index in [9.17, 15) is 24.0 Å². The maximum atomic E-state index is 12.4. The van der Waals surface area contributed by atoms with Crippen molar-refractivity contribution in [2.24, 2.45) is 0 Å². The Morgan fingerprint density at radius 1 is 0.933 bits per heavy atom. The molecule has 30 heavy (non-hydrogen) atoms. The third kappa shape index (κ3) is 9.57. The maximum Gasteiger partial charge on any atom is 0.410 e. The topological polar surface area (TPSA) is 132 Å². The van der Waals surface area contributed by atoms with Crippen LogP contribution in [0.15, 0.2) is 0 Å². The highest BCUT2D eigenvalue weighted by molar-refractivity contribution is 6.01. The molecule has 1 fully saturated rings. The molecule has 1 aliphatic heterocycles. The molecule has 0 aromatic rings. The fourth-order valence-corrected chi connectivity index (χ4v) is 2.26. The Morgan fingerprint density at radius 2 is 1.47 bits per heavy atom. The Bertz CT molecular complexity index is 662. The fraction of sp³-hybridized carbons (Fsp3) is 0.737. The summed E-state index contributed by atoms with van der Waals surface area (Å²) in [5.74, 6) is -2.01.